The summed E-state index contributed by atoms with van der Waals surface area (Å²) in [7, 11) is 0. The summed E-state index contributed by atoms with van der Waals surface area (Å²) in [5, 5.41) is 9.97. The molecule has 10 heteroatoms. The van der Waals surface area contributed by atoms with Crippen molar-refractivity contribution in [3.8, 4) is 5.75 Å². The zero-order valence-electron chi connectivity index (χ0n) is 25.2. The van der Waals surface area contributed by atoms with E-state index in [4.69, 9.17) is 19.6 Å². The lowest BCUT2D eigenvalue weighted by Crippen LogP contribution is -2.58. The van der Waals surface area contributed by atoms with Crippen LogP contribution >= 0.6 is 0 Å². The number of hydrogen-bond acceptors (Lipinski definition) is 9. The molecule has 4 heterocycles. The first kappa shape index (κ1) is 30.3. The predicted molar refractivity (Wildman–Crippen MR) is 162 cm³/mol. The van der Waals surface area contributed by atoms with Crippen LogP contribution in [-0.4, -0.2) is 57.8 Å². The van der Waals surface area contributed by atoms with Crippen molar-refractivity contribution in [2.45, 2.75) is 77.4 Å². The number of likely N-dealkylation sites (tertiary alicyclic amines) is 1. The largest absolute Gasteiger partial charge is 0.482 e. The van der Waals surface area contributed by atoms with Crippen LogP contribution in [0.15, 0.2) is 51.3 Å². The van der Waals surface area contributed by atoms with E-state index < -0.39 is 22.8 Å². The standard InChI is InChI=1S/C33H39N3O7/c1-5-20(2)30(39)43-32(3,4)33(17-23-14-28(34)35-19-25(23)15-29(38)36-9-7-10-36)18-24-13-22-12-21(8-6-11-37)31(40)41-26(22)16-27(24)42-33/h5,12-14,16,19,37H,6-11,15,17-18H2,1-4H3,(H2,34,35)/b20-5+/t33-/m0/s1. The number of esters is 1. The average molecular weight is 590 g/mol. The third-order valence-electron chi connectivity index (χ3n) is 8.70. The van der Waals surface area contributed by atoms with Crippen LogP contribution in [0.3, 0.4) is 0 Å². The zero-order valence-corrected chi connectivity index (χ0v) is 25.2. The van der Waals surface area contributed by atoms with E-state index in [1.807, 2.05) is 24.8 Å². The van der Waals surface area contributed by atoms with Gasteiger partial charge >= 0.3 is 11.6 Å². The van der Waals surface area contributed by atoms with Gasteiger partial charge in [0, 0.05) is 61.3 Å². The fraction of sp³-hybridized carbons (Fsp3) is 0.455. The van der Waals surface area contributed by atoms with E-state index in [0.29, 0.717) is 47.5 Å². The molecular formula is C33H39N3O7. The van der Waals surface area contributed by atoms with Gasteiger partial charge in [0.1, 0.15) is 22.8 Å². The smallest absolute Gasteiger partial charge is 0.339 e. The second-order valence-corrected chi connectivity index (χ2v) is 12.0. The van der Waals surface area contributed by atoms with Gasteiger partial charge in [0.2, 0.25) is 5.91 Å². The number of aliphatic hydroxyl groups is 1. The molecule has 1 atom stereocenters. The van der Waals surface area contributed by atoms with E-state index in [-0.39, 0.29) is 25.4 Å². The summed E-state index contributed by atoms with van der Waals surface area (Å²) in [6.45, 7) is 8.58. The molecule has 0 radical (unpaired) electrons. The maximum atomic E-state index is 13.1. The van der Waals surface area contributed by atoms with Gasteiger partial charge in [0.05, 0.1) is 6.42 Å². The summed E-state index contributed by atoms with van der Waals surface area (Å²) in [6.07, 6.45) is 6.01. The Morgan fingerprint density at radius 3 is 2.63 bits per heavy atom. The van der Waals surface area contributed by atoms with Crippen LogP contribution in [0.5, 0.6) is 5.75 Å². The first-order valence-electron chi connectivity index (χ1n) is 14.7. The first-order valence-corrected chi connectivity index (χ1v) is 14.7. The Kier molecular flexibility index (Phi) is 8.34. The normalized spacial score (nSPS) is 18.3. The number of aliphatic hydroxyl groups excluding tert-OH is 1. The summed E-state index contributed by atoms with van der Waals surface area (Å²) in [5.41, 5.74) is 7.15. The van der Waals surface area contributed by atoms with E-state index in [1.165, 1.54) is 0 Å². The number of hydrogen-bond donors (Lipinski definition) is 2. The van der Waals surface area contributed by atoms with Gasteiger partial charge in [0.25, 0.3) is 0 Å². The molecular weight excluding hydrogens is 550 g/mol. The number of carbonyl (C=O) groups excluding carboxylic acids is 2. The maximum absolute atomic E-state index is 13.1. The molecule has 1 amide bonds. The highest BCUT2D eigenvalue weighted by Gasteiger charge is 2.54. The lowest BCUT2D eigenvalue weighted by atomic mass is 9.76. The fourth-order valence-electron chi connectivity index (χ4n) is 5.66. The molecule has 1 aromatic carbocycles. The molecule has 10 nitrogen and oxygen atoms in total. The van der Waals surface area contributed by atoms with Crippen LogP contribution in [-0.2, 0) is 40.0 Å². The van der Waals surface area contributed by atoms with Crippen LogP contribution in [0.4, 0.5) is 5.82 Å². The van der Waals surface area contributed by atoms with Crippen molar-refractivity contribution in [3.63, 3.8) is 0 Å². The van der Waals surface area contributed by atoms with Crippen molar-refractivity contribution in [3.05, 3.63) is 74.8 Å². The third kappa shape index (κ3) is 6.01. The maximum Gasteiger partial charge on any atom is 0.339 e. The highest BCUT2D eigenvalue weighted by atomic mass is 16.6. The lowest BCUT2D eigenvalue weighted by Gasteiger charge is -2.43. The Hall–Kier alpha value is -4.18. The van der Waals surface area contributed by atoms with Gasteiger partial charge in [-0.15, -0.1) is 0 Å². The first-order chi connectivity index (χ1) is 20.4. The van der Waals surface area contributed by atoms with Gasteiger partial charge in [-0.2, -0.15) is 0 Å². The molecule has 0 aliphatic carbocycles. The molecule has 0 bridgehead atoms. The Morgan fingerprint density at radius 1 is 1.19 bits per heavy atom. The van der Waals surface area contributed by atoms with E-state index in [9.17, 15) is 19.5 Å². The topological polar surface area (TPSA) is 145 Å². The van der Waals surface area contributed by atoms with Crippen molar-refractivity contribution in [1.82, 2.24) is 9.88 Å². The Morgan fingerprint density at radius 2 is 1.95 bits per heavy atom. The van der Waals surface area contributed by atoms with Crippen LogP contribution in [0.25, 0.3) is 11.0 Å². The molecule has 228 valence electrons. The lowest BCUT2D eigenvalue weighted by molar-refractivity contribution is -0.174. The summed E-state index contributed by atoms with van der Waals surface area (Å²) < 4.78 is 18.5. The summed E-state index contributed by atoms with van der Waals surface area (Å²) in [4.78, 5) is 44.7. The highest BCUT2D eigenvalue weighted by Crippen LogP contribution is 2.46. The second-order valence-electron chi connectivity index (χ2n) is 12.0. The highest BCUT2D eigenvalue weighted by molar-refractivity contribution is 5.88. The molecule has 5 rings (SSSR count). The minimum Gasteiger partial charge on any atom is -0.482 e. The zero-order chi connectivity index (χ0) is 30.9. The summed E-state index contributed by atoms with van der Waals surface area (Å²) in [5.74, 6) is 0.393. The number of allylic oxidation sites excluding steroid dienone is 1. The predicted octanol–water partition coefficient (Wildman–Crippen LogP) is 3.67. The number of ether oxygens (including phenoxy) is 2. The van der Waals surface area contributed by atoms with Gasteiger partial charge in [-0.25, -0.2) is 14.6 Å². The number of nitrogen functional groups attached to an aromatic ring is 1. The molecule has 0 spiro atoms. The number of carbonyl (C=O) groups is 2. The molecule has 2 aromatic heterocycles. The molecule has 0 unspecified atom stereocenters. The molecule has 43 heavy (non-hydrogen) atoms. The van der Waals surface area contributed by atoms with E-state index in [2.05, 4.69) is 4.98 Å². The van der Waals surface area contributed by atoms with Crippen LogP contribution in [0.1, 0.15) is 62.8 Å². The minimum atomic E-state index is -1.15. The molecule has 3 aromatic rings. The third-order valence-corrected chi connectivity index (χ3v) is 8.70. The fourth-order valence-corrected chi connectivity index (χ4v) is 5.66. The van der Waals surface area contributed by atoms with Gasteiger partial charge in [0.15, 0.2) is 5.60 Å². The van der Waals surface area contributed by atoms with E-state index in [1.54, 1.807) is 44.3 Å². The Labute approximate surface area is 250 Å². The Balaban J connectivity index is 1.57. The number of pyridine rings is 1. The number of nitrogens with zero attached hydrogens (tertiary/aromatic N) is 2. The molecule has 2 aliphatic rings. The number of fused-ring (bicyclic) bond motifs is 2. The molecule has 2 aliphatic heterocycles. The molecule has 0 saturated carbocycles. The van der Waals surface area contributed by atoms with Crippen LogP contribution < -0.4 is 16.1 Å². The van der Waals surface area contributed by atoms with Gasteiger partial charge < -0.3 is 29.6 Å². The number of rotatable bonds is 10. The molecule has 1 fully saturated rings. The number of nitrogens with two attached hydrogens (primary N) is 1. The minimum absolute atomic E-state index is 0.0241. The van der Waals surface area contributed by atoms with Crippen LogP contribution in [0, 0.1) is 0 Å². The number of anilines is 1. The van der Waals surface area contributed by atoms with Crippen molar-refractivity contribution < 1.29 is 28.6 Å². The number of benzene rings is 1. The van der Waals surface area contributed by atoms with E-state index in [0.717, 1.165) is 41.6 Å². The van der Waals surface area contributed by atoms with Crippen molar-refractivity contribution >= 4 is 28.7 Å². The summed E-state index contributed by atoms with van der Waals surface area (Å²) in [6, 6.07) is 7.18. The van der Waals surface area contributed by atoms with E-state index >= 15 is 0 Å². The quantitative estimate of drug-likeness (QED) is 0.205. The summed E-state index contributed by atoms with van der Waals surface area (Å²) >= 11 is 0. The number of aromatic nitrogens is 1. The second kappa shape index (κ2) is 11.8. The number of aryl methyl sites for hydroxylation is 1. The number of amides is 1. The van der Waals surface area contributed by atoms with Gasteiger partial charge in [-0.3, -0.25) is 4.79 Å². The molecule has 1 saturated heterocycles. The molecule has 3 N–H and O–H groups in total. The van der Waals surface area contributed by atoms with Crippen molar-refractivity contribution in [2.24, 2.45) is 0 Å². The Bertz CT molecular complexity index is 1650. The average Bonchev–Trinajstić information content (AvgIpc) is 3.29. The van der Waals surface area contributed by atoms with Crippen molar-refractivity contribution in [2.75, 3.05) is 25.4 Å². The monoisotopic (exact) mass is 589 g/mol. The van der Waals surface area contributed by atoms with Gasteiger partial charge in [-0.05, 0) is 81.8 Å². The SMILES string of the molecule is C/C=C(\C)C(=O)OC(C)(C)[C@]1(Cc2cc(N)ncc2CC(=O)N2CCC2)Cc2cc3cc(CCCO)c(=O)oc3cc2O1. The van der Waals surface area contributed by atoms with Gasteiger partial charge in [-0.1, -0.05) is 6.08 Å². The van der Waals surface area contributed by atoms with Crippen molar-refractivity contribution in [1.29, 1.82) is 0 Å². The van der Waals surface area contributed by atoms with Crippen LogP contribution in [0.2, 0.25) is 0 Å².